The van der Waals surface area contributed by atoms with E-state index in [1.807, 2.05) is 60.7 Å². The van der Waals surface area contributed by atoms with Crippen molar-refractivity contribution in [2.75, 3.05) is 12.4 Å². The Morgan fingerprint density at radius 1 is 0.821 bits per heavy atom. The molecular weight excluding hydrogens is 368 g/mol. The summed E-state index contributed by atoms with van der Waals surface area (Å²) in [5, 5.41) is 9.75. The van der Waals surface area contributed by atoms with E-state index in [4.69, 9.17) is 4.74 Å². The van der Waals surface area contributed by atoms with Gasteiger partial charge >= 0.3 is 0 Å². The monoisotopic (exact) mass is 388 g/mol. The van der Waals surface area contributed by atoms with Crippen molar-refractivity contribution in [3.05, 3.63) is 85.2 Å². The molecule has 0 amide bonds. The van der Waals surface area contributed by atoms with Crippen LogP contribution >= 0.6 is 11.8 Å². The average molecular weight is 388 g/mol. The summed E-state index contributed by atoms with van der Waals surface area (Å²) in [6, 6.07) is 24.0. The highest BCUT2D eigenvalue weighted by molar-refractivity contribution is 7.99. The normalized spacial score (nSPS) is 10.7. The summed E-state index contributed by atoms with van der Waals surface area (Å²) in [6.45, 7) is 0.674. The summed E-state index contributed by atoms with van der Waals surface area (Å²) >= 11 is 1.69. The lowest BCUT2D eigenvalue weighted by Gasteiger charge is -2.10. The van der Waals surface area contributed by atoms with Crippen molar-refractivity contribution >= 4 is 11.8 Å². The molecule has 0 aliphatic heterocycles. The first-order chi connectivity index (χ1) is 13.9. The van der Waals surface area contributed by atoms with Crippen LogP contribution in [0.3, 0.4) is 0 Å². The molecule has 0 aliphatic rings. The molecule has 0 saturated carbocycles. The molecule has 2 aromatic carbocycles. The summed E-state index contributed by atoms with van der Waals surface area (Å²) in [7, 11) is 0. The van der Waals surface area contributed by atoms with Gasteiger partial charge in [0.1, 0.15) is 5.75 Å². The first kappa shape index (κ1) is 18.3. The largest absolute Gasteiger partial charge is 0.494 e. The van der Waals surface area contributed by atoms with Crippen molar-refractivity contribution in [3.63, 3.8) is 0 Å². The minimum Gasteiger partial charge on any atom is -0.494 e. The van der Waals surface area contributed by atoms with Crippen molar-refractivity contribution in [1.82, 2.24) is 19.7 Å². The molecule has 4 rings (SSSR count). The van der Waals surface area contributed by atoms with E-state index >= 15 is 0 Å². The molecule has 0 atom stereocenters. The molecule has 140 valence electrons. The van der Waals surface area contributed by atoms with E-state index in [-0.39, 0.29) is 0 Å². The third kappa shape index (κ3) is 4.40. The molecule has 0 bridgehead atoms. The van der Waals surface area contributed by atoms with Gasteiger partial charge in [0.15, 0.2) is 11.0 Å². The molecule has 0 N–H and O–H groups in total. The van der Waals surface area contributed by atoms with Crippen molar-refractivity contribution < 1.29 is 4.74 Å². The number of hydrogen-bond donors (Lipinski definition) is 0. The molecule has 2 heterocycles. The molecule has 2 aromatic heterocycles. The van der Waals surface area contributed by atoms with Gasteiger partial charge in [0, 0.05) is 29.4 Å². The lowest BCUT2D eigenvalue weighted by atomic mass is 10.2. The molecule has 0 spiro atoms. The van der Waals surface area contributed by atoms with E-state index in [1.54, 1.807) is 24.2 Å². The second-order valence-electron chi connectivity index (χ2n) is 6.08. The van der Waals surface area contributed by atoms with Gasteiger partial charge in [0.05, 0.1) is 6.61 Å². The topological polar surface area (TPSA) is 52.8 Å². The highest BCUT2D eigenvalue weighted by Crippen LogP contribution is 2.27. The number of pyridine rings is 1. The first-order valence-electron chi connectivity index (χ1n) is 9.14. The van der Waals surface area contributed by atoms with Crippen LogP contribution in [0.2, 0.25) is 0 Å². The van der Waals surface area contributed by atoms with E-state index in [1.165, 1.54) is 0 Å². The average Bonchev–Trinajstić information content (AvgIpc) is 3.19. The summed E-state index contributed by atoms with van der Waals surface area (Å²) in [5.74, 6) is 2.62. The van der Waals surface area contributed by atoms with Crippen molar-refractivity contribution in [2.45, 2.75) is 11.6 Å². The van der Waals surface area contributed by atoms with Gasteiger partial charge in [-0.1, -0.05) is 48.2 Å². The molecule has 0 fully saturated rings. The third-order valence-corrected chi connectivity index (χ3v) is 5.13. The molecule has 0 saturated heterocycles. The summed E-state index contributed by atoms with van der Waals surface area (Å²) in [6.07, 6.45) is 4.46. The Balaban J connectivity index is 1.47. The zero-order valence-electron chi connectivity index (χ0n) is 15.3. The number of para-hydroxylation sites is 2. The number of rotatable bonds is 8. The number of thioether (sulfide) groups is 1. The molecule has 5 nitrogen and oxygen atoms in total. The second kappa shape index (κ2) is 9.19. The van der Waals surface area contributed by atoms with E-state index in [0.29, 0.717) is 6.61 Å². The lowest BCUT2D eigenvalue weighted by molar-refractivity contribution is 0.318. The van der Waals surface area contributed by atoms with E-state index in [9.17, 15) is 0 Å². The molecule has 4 aromatic rings. The Bertz CT molecular complexity index is 991. The van der Waals surface area contributed by atoms with E-state index in [0.717, 1.165) is 40.2 Å². The van der Waals surface area contributed by atoms with Gasteiger partial charge in [-0.25, -0.2) is 0 Å². The van der Waals surface area contributed by atoms with Crippen LogP contribution in [0.1, 0.15) is 6.42 Å². The van der Waals surface area contributed by atoms with Crippen LogP contribution < -0.4 is 4.74 Å². The zero-order chi connectivity index (χ0) is 19.0. The molecule has 28 heavy (non-hydrogen) atoms. The van der Waals surface area contributed by atoms with Gasteiger partial charge in [-0.15, -0.1) is 10.2 Å². The highest BCUT2D eigenvalue weighted by atomic mass is 32.2. The van der Waals surface area contributed by atoms with Gasteiger partial charge in [0.25, 0.3) is 0 Å². The fraction of sp³-hybridized carbons (Fsp3) is 0.136. The van der Waals surface area contributed by atoms with Gasteiger partial charge < -0.3 is 4.74 Å². The maximum absolute atomic E-state index is 5.77. The van der Waals surface area contributed by atoms with Crippen molar-refractivity contribution in [3.8, 4) is 22.8 Å². The molecule has 0 aliphatic carbocycles. The number of hydrogen-bond acceptors (Lipinski definition) is 5. The second-order valence-corrected chi connectivity index (χ2v) is 7.14. The minimum atomic E-state index is 0.674. The number of benzene rings is 2. The van der Waals surface area contributed by atoms with Crippen LogP contribution in [0.4, 0.5) is 0 Å². The number of ether oxygens (including phenoxy) is 1. The lowest BCUT2D eigenvalue weighted by Crippen LogP contribution is -2.01. The number of nitrogens with zero attached hydrogens (tertiary/aromatic N) is 4. The maximum atomic E-state index is 5.77. The van der Waals surface area contributed by atoms with Crippen LogP contribution in [-0.2, 0) is 0 Å². The Hall–Kier alpha value is -3.12. The van der Waals surface area contributed by atoms with Gasteiger partial charge in [0.2, 0.25) is 0 Å². The van der Waals surface area contributed by atoms with Crippen LogP contribution in [0.5, 0.6) is 5.75 Å². The van der Waals surface area contributed by atoms with Gasteiger partial charge in [-0.2, -0.15) is 0 Å². The zero-order valence-corrected chi connectivity index (χ0v) is 16.1. The fourth-order valence-corrected chi connectivity index (χ4v) is 3.65. The molecule has 6 heteroatoms. The third-order valence-electron chi connectivity index (χ3n) is 4.12. The SMILES string of the molecule is c1ccc(OCCCSc2nnc(-c3ccncc3)n2-c2ccccc2)cc1. The van der Waals surface area contributed by atoms with Crippen molar-refractivity contribution in [2.24, 2.45) is 0 Å². The Kier molecular flexibility index (Phi) is 5.99. The van der Waals surface area contributed by atoms with Crippen LogP contribution in [-0.4, -0.2) is 32.1 Å². The molecular formula is C22H20N4OS. The molecule has 0 unspecified atom stereocenters. The Morgan fingerprint density at radius 3 is 2.29 bits per heavy atom. The standard InChI is InChI=1S/C22H20N4OS/c1-3-8-19(9-4-1)26-21(18-12-14-23-15-13-18)24-25-22(26)28-17-7-16-27-20-10-5-2-6-11-20/h1-6,8-15H,7,16-17H2. The van der Waals surface area contributed by atoms with Gasteiger partial charge in [-0.3, -0.25) is 9.55 Å². The number of aromatic nitrogens is 4. The molecule has 0 radical (unpaired) electrons. The predicted molar refractivity (Wildman–Crippen MR) is 112 cm³/mol. The first-order valence-corrected chi connectivity index (χ1v) is 10.1. The van der Waals surface area contributed by atoms with E-state index < -0.39 is 0 Å². The van der Waals surface area contributed by atoms with Crippen LogP contribution in [0.25, 0.3) is 17.1 Å². The minimum absolute atomic E-state index is 0.674. The Labute approximate surface area is 168 Å². The summed E-state index contributed by atoms with van der Waals surface area (Å²) < 4.78 is 7.87. The van der Waals surface area contributed by atoms with Crippen LogP contribution in [0, 0.1) is 0 Å². The quantitative estimate of drug-likeness (QED) is 0.318. The Morgan fingerprint density at radius 2 is 1.54 bits per heavy atom. The van der Waals surface area contributed by atoms with Crippen LogP contribution in [0.15, 0.2) is 90.3 Å². The predicted octanol–water partition coefficient (Wildman–Crippen LogP) is 4.89. The smallest absolute Gasteiger partial charge is 0.196 e. The van der Waals surface area contributed by atoms with Gasteiger partial charge in [-0.05, 0) is 42.8 Å². The fourth-order valence-electron chi connectivity index (χ4n) is 2.79. The van der Waals surface area contributed by atoms with Crippen molar-refractivity contribution in [1.29, 1.82) is 0 Å². The summed E-state index contributed by atoms with van der Waals surface area (Å²) in [5.41, 5.74) is 2.04. The highest BCUT2D eigenvalue weighted by Gasteiger charge is 2.15. The van der Waals surface area contributed by atoms with E-state index in [2.05, 4.69) is 31.9 Å². The summed E-state index contributed by atoms with van der Waals surface area (Å²) in [4.78, 5) is 4.10. The maximum Gasteiger partial charge on any atom is 0.196 e.